The summed E-state index contributed by atoms with van der Waals surface area (Å²) >= 11 is 1.50. The maximum atomic E-state index is 12.3. The van der Waals surface area contributed by atoms with Gasteiger partial charge in [0.15, 0.2) is 0 Å². The van der Waals surface area contributed by atoms with Gasteiger partial charge in [0.1, 0.15) is 10.6 Å². The Morgan fingerprint density at radius 1 is 1.32 bits per heavy atom. The molecule has 0 saturated carbocycles. The lowest BCUT2D eigenvalue weighted by Crippen LogP contribution is -2.26. The van der Waals surface area contributed by atoms with Crippen LogP contribution in [0.3, 0.4) is 0 Å². The Balaban J connectivity index is 1.99. The molecule has 2 aromatic rings. The molecule has 1 unspecified atom stereocenters. The Kier molecular flexibility index (Phi) is 5.96. The van der Waals surface area contributed by atoms with Crippen LogP contribution < -0.4 is 9.46 Å². The Hall–Kier alpha value is -1.41. The van der Waals surface area contributed by atoms with Crippen LogP contribution in [-0.4, -0.2) is 26.7 Å². The second-order valence-corrected chi connectivity index (χ2v) is 7.15. The molecule has 22 heavy (non-hydrogen) atoms. The topological polar surface area (TPSA) is 75.6 Å². The molecule has 0 spiro atoms. The predicted octanol–water partition coefficient (Wildman–Crippen LogP) is 2.55. The van der Waals surface area contributed by atoms with Gasteiger partial charge >= 0.3 is 0 Å². The molecule has 1 aromatic carbocycles. The fraction of sp³-hybridized carbons (Fsp3) is 0.333. The van der Waals surface area contributed by atoms with E-state index in [9.17, 15) is 13.5 Å². The molecular formula is C15H19NO4S2. The number of aliphatic hydroxyl groups is 1. The molecule has 1 atom stereocenters. The first-order chi connectivity index (χ1) is 10.5. The predicted molar refractivity (Wildman–Crippen MR) is 86.7 cm³/mol. The fourth-order valence-electron chi connectivity index (χ4n) is 1.99. The largest absolute Gasteiger partial charge is 0.492 e. The molecule has 0 aliphatic carbocycles. The van der Waals surface area contributed by atoms with Gasteiger partial charge in [-0.3, -0.25) is 0 Å². The highest BCUT2D eigenvalue weighted by atomic mass is 32.2. The second kappa shape index (κ2) is 7.73. The van der Waals surface area contributed by atoms with E-state index in [-0.39, 0.29) is 11.4 Å². The van der Waals surface area contributed by atoms with Crippen molar-refractivity contribution in [2.75, 3.05) is 13.2 Å². The summed E-state index contributed by atoms with van der Waals surface area (Å²) < 4.78 is 32.5. The molecule has 0 radical (unpaired) electrons. The van der Waals surface area contributed by atoms with Gasteiger partial charge in [0, 0.05) is 6.54 Å². The summed E-state index contributed by atoms with van der Waals surface area (Å²) in [7, 11) is -3.66. The summed E-state index contributed by atoms with van der Waals surface area (Å²) in [6.07, 6.45) is -0.358. The van der Waals surface area contributed by atoms with Crippen molar-refractivity contribution in [3.05, 3.63) is 46.7 Å². The standard InChI is InChI=1S/C15H19NO4S2/c1-2-20-14-5-3-4-6-15(14)22(18,19)16-9-7-13(17)12-8-10-21-11-12/h3-6,8,10-11,13,16-17H,2,7,9H2,1H3. The lowest BCUT2D eigenvalue weighted by atomic mass is 10.1. The summed E-state index contributed by atoms with van der Waals surface area (Å²) in [6.45, 7) is 2.34. The van der Waals surface area contributed by atoms with Crippen molar-refractivity contribution in [2.24, 2.45) is 0 Å². The molecule has 7 heteroatoms. The van der Waals surface area contributed by atoms with E-state index < -0.39 is 16.1 Å². The van der Waals surface area contributed by atoms with E-state index in [4.69, 9.17) is 4.74 Å². The SMILES string of the molecule is CCOc1ccccc1S(=O)(=O)NCCC(O)c1ccsc1. The normalized spacial score (nSPS) is 13.0. The van der Waals surface area contributed by atoms with E-state index in [1.165, 1.54) is 17.4 Å². The van der Waals surface area contributed by atoms with Gasteiger partial charge in [-0.25, -0.2) is 13.1 Å². The molecule has 0 amide bonds. The van der Waals surface area contributed by atoms with Crippen molar-refractivity contribution in [3.8, 4) is 5.75 Å². The van der Waals surface area contributed by atoms with Crippen LogP contribution in [-0.2, 0) is 10.0 Å². The third-order valence-electron chi connectivity index (χ3n) is 3.08. The zero-order chi connectivity index (χ0) is 16.0. The van der Waals surface area contributed by atoms with Gasteiger partial charge in [0.25, 0.3) is 0 Å². The van der Waals surface area contributed by atoms with Gasteiger partial charge in [-0.1, -0.05) is 12.1 Å². The van der Waals surface area contributed by atoms with Crippen LogP contribution in [0, 0.1) is 0 Å². The van der Waals surface area contributed by atoms with E-state index in [2.05, 4.69) is 4.72 Å². The first-order valence-corrected chi connectivity index (χ1v) is 9.39. The number of thiophene rings is 1. The van der Waals surface area contributed by atoms with E-state index in [0.717, 1.165) is 5.56 Å². The average Bonchev–Trinajstić information content (AvgIpc) is 3.02. The first-order valence-electron chi connectivity index (χ1n) is 6.96. The summed E-state index contributed by atoms with van der Waals surface area (Å²) in [5.74, 6) is 0.330. The molecule has 0 aliphatic heterocycles. The number of hydrogen-bond acceptors (Lipinski definition) is 5. The molecular weight excluding hydrogens is 322 g/mol. The lowest BCUT2D eigenvalue weighted by molar-refractivity contribution is 0.169. The lowest BCUT2D eigenvalue weighted by Gasteiger charge is -2.13. The summed E-state index contributed by atoms with van der Waals surface area (Å²) in [6, 6.07) is 8.33. The summed E-state index contributed by atoms with van der Waals surface area (Å²) in [5, 5.41) is 13.7. The number of rotatable bonds is 8. The van der Waals surface area contributed by atoms with Crippen molar-refractivity contribution in [1.29, 1.82) is 0 Å². The number of aliphatic hydroxyl groups excluding tert-OH is 1. The summed E-state index contributed by atoms with van der Waals surface area (Å²) in [5.41, 5.74) is 0.805. The van der Waals surface area contributed by atoms with Gasteiger partial charge in [0.05, 0.1) is 12.7 Å². The molecule has 1 aromatic heterocycles. The molecule has 0 bridgehead atoms. The van der Waals surface area contributed by atoms with Crippen LogP contribution in [0.2, 0.25) is 0 Å². The fourth-order valence-corrected chi connectivity index (χ4v) is 3.88. The highest BCUT2D eigenvalue weighted by Gasteiger charge is 2.19. The zero-order valence-electron chi connectivity index (χ0n) is 12.2. The average molecular weight is 341 g/mol. The minimum atomic E-state index is -3.66. The number of hydrogen-bond donors (Lipinski definition) is 2. The van der Waals surface area contributed by atoms with Gasteiger partial charge in [0.2, 0.25) is 10.0 Å². The smallest absolute Gasteiger partial charge is 0.244 e. The van der Waals surface area contributed by atoms with Crippen LogP contribution in [0.15, 0.2) is 46.0 Å². The van der Waals surface area contributed by atoms with Gasteiger partial charge in [-0.05, 0) is 47.9 Å². The van der Waals surface area contributed by atoms with E-state index in [0.29, 0.717) is 18.8 Å². The van der Waals surface area contributed by atoms with Crippen molar-refractivity contribution < 1.29 is 18.3 Å². The second-order valence-electron chi connectivity index (χ2n) is 4.64. The molecule has 5 nitrogen and oxygen atoms in total. The van der Waals surface area contributed by atoms with Gasteiger partial charge in [-0.15, -0.1) is 0 Å². The Bertz CT molecular complexity index is 683. The molecule has 2 N–H and O–H groups in total. The molecule has 0 saturated heterocycles. The zero-order valence-corrected chi connectivity index (χ0v) is 13.9. The van der Waals surface area contributed by atoms with Crippen molar-refractivity contribution >= 4 is 21.4 Å². The molecule has 1 heterocycles. The highest BCUT2D eigenvalue weighted by Crippen LogP contribution is 2.23. The molecule has 2 rings (SSSR count). The number of sulfonamides is 1. The number of nitrogens with one attached hydrogen (secondary N) is 1. The van der Waals surface area contributed by atoms with Crippen molar-refractivity contribution in [2.45, 2.75) is 24.3 Å². The molecule has 120 valence electrons. The minimum absolute atomic E-state index is 0.113. The monoisotopic (exact) mass is 341 g/mol. The maximum absolute atomic E-state index is 12.3. The maximum Gasteiger partial charge on any atom is 0.244 e. The Morgan fingerprint density at radius 3 is 2.77 bits per heavy atom. The Morgan fingerprint density at radius 2 is 2.09 bits per heavy atom. The Labute approximate surface area is 134 Å². The van der Waals surface area contributed by atoms with Crippen LogP contribution in [0.5, 0.6) is 5.75 Å². The highest BCUT2D eigenvalue weighted by molar-refractivity contribution is 7.89. The third-order valence-corrected chi connectivity index (χ3v) is 5.28. The van der Waals surface area contributed by atoms with Crippen LogP contribution in [0.4, 0.5) is 0 Å². The van der Waals surface area contributed by atoms with E-state index >= 15 is 0 Å². The third kappa shape index (κ3) is 4.30. The van der Waals surface area contributed by atoms with Gasteiger partial charge in [-0.2, -0.15) is 11.3 Å². The molecule has 0 aliphatic rings. The van der Waals surface area contributed by atoms with E-state index in [1.807, 2.05) is 16.8 Å². The number of benzene rings is 1. The van der Waals surface area contributed by atoms with E-state index in [1.54, 1.807) is 25.1 Å². The van der Waals surface area contributed by atoms with Crippen LogP contribution in [0.1, 0.15) is 25.0 Å². The van der Waals surface area contributed by atoms with Crippen LogP contribution in [0.25, 0.3) is 0 Å². The number of para-hydroxylation sites is 1. The van der Waals surface area contributed by atoms with Crippen molar-refractivity contribution in [1.82, 2.24) is 4.72 Å². The summed E-state index contributed by atoms with van der Waals surface area (Å²) in [4.78, 5) is 0.113. The van der Waals surface area contributed by atoms with Gasteiger partial charge < -0.3 is 9.84 Å². The minimum Gasteiger partial charge on any atom is -0.492 e. The quantitative estimate of drug-likeness (QED) is 0.774. The number of ether oxygens (including phenoxy) is 1. The van der Waals surface area contributed by atoms with Crippen molar-refractivity contribution in [3.63, 3.8) is 0 Å². The van der Waals surface area contributed by atoms with Crippen LogP contribution >= 0.6 is 11.3 Å². The first kappa shape index (κ1) is 17.0. The molecule has 0 fully saturated rings.